The van der Waals surface area contributed by atoms with E-state index in [2.05, 4.69) is 41.8 Å². The summed E-state index contributed by atoms with van der Waals surface area (Å²) in [6.07, 6.45) is 3.84. The molecule has 2 aromatic rings. The first-order valence-electron chi connectivity index (χ1n) is 9.59. The van der Waals surface area contributed by atoms with Crippen molar-refractivity contribution in [3.8, 4) is 0 Å². The minimum absolute atomic E-state index is 0.0915. The van der Waals surface area contributed by atoms with Crippen LogP contribution in [0.2, 0.25) is 0 Å². The van der Waals surface area contributed by atoms with Gasteiger partial charge in [-0.15, -0.1) is 0 Å². The Morgan fingerprint density at radius 3 is 2.71 bits per heavy atom. The van der Waals surface area contributed by atoms with Gasteiger partial charge >= 0.3 is 0 Å². The summed E-state index contributed by atoms with van der Waals surface area (Å²) < 4.78 is 11.0. The van der Waals surface area contributed by atoms with Crippen LogP contribution >= 0.6 is 12.2 Å². The molecule has 1 aromatic carbocycles. The minimum atomic E-state index is -0.0915. The van der Waals surface area contributed by atoms with Crippen LogP contribution in [0.15, 0.2) is 47.1 Å². The van der Waals surface area contributed by atoms with E-state index in [9.17, 15) is 4.79 Å². The van der Waals surface area contributed by atoms with Crippen LogP contribution in [0.25, 0.3) is 0 Å². The molecule has 1 amide bonds. The average Bonchev–Trinajstić information content (AvgIpc) is 3.39. The molecule has 1 saturated heterocycles. The number of hydrogen-bond acceptors (Lipinski definition) is 4. The van der Waals surface area contributed by atoms with Gasteiger partial charge < -0.3 is 24.7 Å². The molecule has 7 heteroatoms. The van der Waals surface area contributed by atoms with E-state index in [1.807, 2.05) is 17.0 Å². The Balaban J connectivity index is 1.52. The maximum Gasteiger partial charge on any atom is 0.239 e. The molecule has 0 unspecified atom stereocenters. The second-order valence-corrected chi connectivity index (χ2v) is 7.41. The molecule has 1 aliphatic rings. The van der Waals surface area contributed by atoms with Gasteiger partial charge in [-0.1, -0.05) is 29.8 Å². The summed E-state index contributed by atoms with van der Waals surface area (Å²) >= 11 is 5.55. The summed E-state index contributed by atoms with van der Waals surface area (Å²) in [6, 6.07) is 12.1. The number of hydrogen-bond donors (Lipinski definition) is 2. The van der Waals surface area contributed by atoms with Crippen LogP contribution in [-0.4, -0.2) is 41.7 Å². The predicted molar refractivity (Wildman–Crippen MR) is 112 cm³/mol. The summed E-state index contributed by atoms with van der Waals surface area (Å²) in [6.45, 7) is 4.69. The Bertz CT molecular complexity index is 756. The van der Waals surface area contributed by atoms with E-state index >= 15 is 0 Å². The molecule has 1 atom stereocenters. The molecule has 28 heavy (non-hydrogen) atoms. The van der Waals surface area contributed by atoms with Gasteiger partial charge in [-0.3, -0.25) is 4.79 Å². The van der Waals surface area contributed by atoms with Crippen LogP contribution in [0.5, 0.6) is 0 Å². The second kappa shape index (κ2) is 10.2. The van der Waals surface area contributed by atoms with Crippen molar-refractivity contribution in [2.24, 2.45) is 0 Å². The molecule has 0 radical (unpaired) electrons. The molecule has 0 spiro atoms. The third kappa shape index (κ3) is 6.35. The molecule has 1 aromatic heterocycles. The van der Waals surface area contributed by atoms with Gasteiger partial charge in [0.2, 0.25) is 5.91 Å². The molecular weight excluding hydrogens is 374 g/mol. The zero-order valence-electron chi connectivity index (χ0n) is 16.1. The summed E-state index contributed by atoms with van der Waals surface area (Å²) in [5.41, 5.74) is 2.36. The van der Waals surface area contributed by atoms with Gasteiger partial charge in [0.05, 0.1) is 25.5 Å². The summed E-state index contributed by atoms with van der Waals surface area (Å²) in [5.74, 6) is 0.727. The van der Waals surface area contributed by atoms with Crippen LogP contribution in [0.3, 0.4) is 0 Å². The largest absolute Gasteiger partial charge is 0.467 e. The van der Waals surface area contributed by atoms with Crippen molar-refractivity contribution in [3.05, 3.63) is 59.5 Å². The third-order valence-corrected chi connectivity index (χ3v) is 5.06. The van der Waals surface area contributed by atoms with Crippen molar-refractivity contribution >= 4 is 23.2 Å². The minimum Gasteiger partial charge on any atom is -0.467 e. The van der Waals surface area contributed by atoms with Gasteiger partial charge in [0.15, 0.2) is 5.11 Å². The zero-order chi connectivity index (χ0) is 19.8. The Morgan fingerprint density at radius 2 is 2.04 bits per heavy atom. The first kappa shape index (κ1) is 20.4. The number of nitrogens with zero attached hydrogens (tertiary/aromatic N) is 1. The van der Waals surface area contributed by atoms with Gasteiger partial charge in [-0.2, -0.15) is 0 Å². The highest BCUT2D eigenvalue weighted by Gasteiger charge is 2.17. The lowest BCUT2D eigenvalue weighted by molar-refractivity contribution is -0.120. The number of aryl methyl sites for hydroxylation is 1. The highest BCUT2D eigenvalue weighted by molar-refractivity contribution is 7.80. The third-order valence-electron chi connectivity index (χ3n) is 4.66. The van der Waals surface area contributed by atoms with Crippen molar-refractivity contribution in [1.29, 1.82) is 0 Å². The molecule has 2 heterocycles. The number of nitrogens with one attached hydrogen (secondary N) is 2. The van der Waals surface area contributed by atoms with Gasteiger partial charge in [0, 0.05) is 19.7 Å². The number of ether oxygens (including phenoxy) is 1. The molecule has 150 valence electrons. The summed E-state index contributed by atoms with van der Waals surface area (Å²) in [7, 11) is 0. The van der Waals surface area contributed by atoms with Crippen molar-refractivity contribution in [2.75, 3.05) is 19.7 Å². The smallest absolute Gasteiger partial charge is 0.239 e. The quantitative estimate of drug-likeness (QED) is 0.663. The first-order valence-corrected chi connectivity index (χ1v) is 10.00. The number of carbonyl (C=O) groups excluding carboxylic acids is 1. The highest BCUT2D eigenvalue weighted by atomic mass is 32.1. The predicted octanol–water partition coefficient (Wildman–Crippen LogP) is 2.76. The van der Waals surface area contributed by atoms with Crippen molar-refractivity contribution in [1.82, 2.24) is 15.5 Å². The maximum absolute atomic E-state index is 12.1. The lowest BCUT2D eigenvalue weighted by Gasteiger charge is -2.25. The number of furan rings is 1. The monoisotopic (exact) mass is 401 g/mol. The molecule has 6 nitrogen and oxygen atoms in total. The standard InChI is InChI=1S/C21H27N3O3S/c1-16-6-8-17(9-7-16)14-24(15-19-5-3-11-27-19)21(28)23-13-20(25)22-12-18-4-2-10-26-18/h3,5-9,11,18H,2,4,10,12-15H2,1H3,(H,22,25)(H,23,28)/t18-/m1/s1. The fourth-order valence-corrected chi connectivity index (χ4v) is 3.27. The Labute approximate surface area is 171 Å². The van der Waals surface area contributed by atoms with E-state index in [0.29, 0.717) is 24.7 Å². The Kier molecular flexibility index (Phi) is 7.45. The number of rotatable bonds is 8. The number of amides is 1. The van der Waals surface area contributed by atoms with Crippen LogP contribution in [0, 0.1) is 6.92 Å². The highest BCUT2D eigenvalue weighted by Crippen LogP contribution is 2.12. The van der Waals surface area contributed by atoms with Gasteiger partial charge in [-0.05, 0) is 49.7 Å². The van der Waals surface area contributed by atoms with Gasteiger partial charge in [-0.25, -0.2) is 0 Å². The molecule has 0 aliphatic carbocycles. The lowest BCUT2D eigenvalue weighted by Crippen LogP contribution is -2.44. The van der Waals surface area contributed by atoms with Crippen LogP contribution < -0.4 is 10.6 Å². The van der Waals surface area contributed by atoms with Crippen LogP contribution in [0.1, 0.15) is 29.7 Å². The van der Waals surface area contributed by atoms with E-state index in [-0.39, 0.29) is 18.6 Å². The van der Waals surface area contributed by atoms with E-state index < -0.39 is 0 Å². The summed E-state index contributed by atoms with van der Waals surface area (Å²) in [5, 5.41) is 6.48. The first-order chi connectivity index (χ1) is 13.6. The molecule has 0 saturated carbocycles. The zero-order valence-corrected chi connectivity index (χ0v) is 17.0. The van der Waals surface area contributed by atoms with E-state index in [1.165, 1.54) is 5.56 Å². The number of thiocarbonyl (C=S) groups is 1. The molecule has 1 fully saturated rings. The van der Waals surface area contributed by atoms with Crippen molar-refractivity contribution in [3.63, 3.8) is 0 Å². The molecule has 3 rings (SSSR count). The van der Waals surface area contributed by atoms with Crippen molar-refractivity contribution < 1.29 is 13.9 Å². The van der Waals surface area contributed by atoms with E-state index in [1.54, 1.807) is 6.26 Å². The van der Waals surface area contributed by atoms with Gasteiger partial charge in [0.25, 0.3) is 0 Å². The molecule has 1 aliphatic heterocycles. The Morgan fingerprint density at radius 1 is 1.21 bits per heavy atom. The van der Waals surface area contributed by atoms with Crippen LogP contribution in [-0.2, 0) is 22.6 Å². The topological polar surface area (TPSA) is 66.7 Å². The molecule has 2 N–H and O–H groups in total. The fraction of sp³-hybridized carbons (Fsp3) is 0.429. The van der Waals surface area contributed by atoms with Crippen molar-refractivity contribution in [2.45, 2.75) is 39.0 Å². The average molecular weight is 402 g/mol. The van der Waals surface area contributed by atoms with E-state index in [4.69, 9.17) is 21.4 Å². The summed E-state index contributed by atoms with van der Waals surface area (Å²) in [4.78, 5) is 14.1. The Hall–Kier alpha value is -2.38. The van der Waals surface area contributed by atoms with Gasteiger partial charge in [0.1, 0.15) is 5.76 Å². The SMILES string of the molecule is Cc1ccc(CN(Cc2ccco2)C(=S)NCC(=O)NC[C@H]2CCCO2)cc1. The molecule has 0 bridgehead atoms. The van der Waals surface area contributed by atoms with Crippen LogP contribution in [0.4, 0.5) is 0 Å². The molecular formula is C21H27N3O3S. The number of benzene rings is 1. The number of carbonyl (C=O) groups is 1. The fourth-order valence-electron chi connectivity index (χ4n) is 3.07. The lowest BCUT2D eigenvalue weighted by atomic mass is 10.1. The van der Waals surface area contributed by atoms with E-state index in [0.717, 1.165) is 30.8 Å². The maximum atomic E-state index is 12.1. The second-order valence-electron chi connectivity index (χ2n) is 7.02. The normalized spacial score (nSPS) is 16.0.